The van der Waals surface area contributed by atoms with Crippen LogP contribution in [0.4, 0.5) is 10.3 Å². The number of nitrogens with two attached hydrogens (primary N) is 1. The van der Waals surface area contributed by atoms with E-state index in [0.717, 1.165) is 17.6 Å². The van der Waals surface area contributed by atoms with Crippen LogP contribution in [0.5, 0.6) is 0 Å². The second-order valence-electron chi connectivity index (χ2n) is 5.83. The Morgan fingerprint density at radius 3 is 2.79 bits per heavy atom. The third-order valence-electron chi connectivity index (χ3n) is 4.17. The van der Waals surface area contributed by atoms with Gasteiger partial charge in [0, 0.05) is 12.6 Å². The summed E-state index contributed by atoms with van der Waals surface area (Å²) in [5.41, 5.74) is 7.87. The van der Waals surface area contributed by atoms with Gasteiger partial charge in [-0.15, -0.1) is 0 Å². The standard InChI is InChI=1S/C14H17FIN3/c1-14(4-2-3-5-14)8-19-12-6-9(15)10(16)7-11(12)18-13(19)17/h6-7H,2-5,8H2,1H3,(H2,17,18). The molecule has 0 atom stereocenters. The molecule has 0 spiro atoms. The van der Waals surface area contributed by atoms with Gasteiger partial charge in [0.15, 0.2) is 0 Å². The lowest BCUT2D eigenvalue weighted by atomic mass is 9.89. The van der Waals surface area contributed by atoms with E-state index in [4.69, 9.17) is 5.73 Å². The first kappa shape index (κ1) is 13.1. The molecule has 2 N–H and O–H groups in total. The number of nitrogen functional groups attached to an aromatic ring is 1. The Morgan fingerprint density at radius 2 is 2.11 bits per heavy atom. The molecule has 19 heavy (non-hydrogen) atoms. The van der Waals surface area contributed by atoms with Gasteiger partial charge in [-0.25, -0.2) is 9.37 Å². The molecule has 5 heteroatoms. The zero-order valence-electron chi connectivity index (χ0n) is 10.9. The number of rotatable bonds is 2. The first-order valence-electron chi connectivity index (χ1n) is 6.59. The van der Waals surface area contributed by atoms with Crippen molar-refractivity contribution < 1.29 is 4.39 Å². The van der Waals surface area contributed by atoms with Crippen molar-refractivity contribution in [3.8, 4) is 0 Å². The van der Waals surface area contributed by atoms with E-state index in [0.29, 0.717) is 9.52 Å². The largest absolute Gasteiger partial charge is 0.369 e. The number of benzene rings is 1. The number of hydrogen-bond acceptors (Lipinski definition) is 2. The molecule has 1 saturated carbocycles. The first-order valence-corrected chi connectivity index (χ1v) is 7.67. The van der Waals surface area contributed by atoms with Crippen molar-refractivity contribution in [2.24, 2.45) is 5.41 Å². The molecule has 1 aromatic heterocycles. The highest BCUT2D eigenvalue weighted by Crippen LogP contribution is 2.40. The Labute approximate surface area is 125 Å². The van der Waals surface area contributed by atoms with Crippen LogP contribution >= 0.6 is 22.6 Å². The van der Waals surface area contributed by atoms with Gasteiger partial charge in [0.05, 0.1) is 14.6 Å². The highest BCUT2D eigenvalue weighted by Gasteiger charge is 2.30. The van der Waals surface area contributed by atoms with Gasteiger partial charge in [-0.2, -0.15) is 0 Å². The summed E-state index contributed by atoms with van der Waals surface area (Å²) in [6, 6.07) is 3.31. The average molecular weight is 373 g/mol. The van der Waals surface area contributed by atoms with E-state index in [9.17, 15) is 4.39 Å². The molecular formula is C14H17FIN3. The predicted molar refractivity (Wildman–Crippen MR) is 83.4 cm³/mol. The quantitative estimate of drug-likeness (QED) is 0.811. The molecule has 1 aliphatic carbocycles. The van der Waals surface area contributed by atoms with Crippen LogP contribution in [0.25, 0.3) is 11.0 Å². The van der Waals surface area contributed by atoms with Gasteiger partial charge in [0.2, 0.25) is 5.95 Å². The van der Waals surface area contributed by atoms with Gasteiger partial charge in [0.1, 0.15) is 5.82 Å². The Bertz CT molecular complexity index is 629. The Kier molecular flexibility index (Phi) is 3.19. The number of aromatic nitrogens is 2. The minimum Gasteiger partial charge on any atom is -0.369 e. The summed E-state index contributed by atoms with van der Waals surface area (Å²) in [6.45, 7) is 3.11. The van der Waals surface area contributed by atoms with Crippen molar-refractivity contribution in [2.45, 2.75) is 39.2 Å². The lowest BCUT2D eigenvalue weighted by molar-refractivity contribution is 0.287. The molecule has 1 aromatic carbocycles. The highest BCUT2D eigenvalue weighted by atomic mass is 127. The van der Waals surface area contributed by atoms with Crippen LogP contribution in [0.3, 0.4) is 0 Å². The molecule has 1 heterocycles. The van der Waals surface area contributed by atoms with E-state index >= 15 is 0 Å². The number of anilines is 1. The first-order chi connectivity index (χ1) is 8.98. The normalized spacial score (nSPS) is 18.3. The maximum atomic E-state index is 13.8. The molecule has 3 rings (SSSR count). The molecule has 102 valence electrons. The Balaban J connectivity index is 2.07. The molecule has 0 amide bonds. The zero-order valence-corrected chi connectivity index (χ0v) is 13.1. The summed E-state index contributed by atoms with van der Waals surface area (Å²) >= 11 is 1.98. The van der Waals surface area contributed by atoms with Crippen molar-refractivity contribution >= 4 is 39.6 Å². The number of fused-ring (bicyclic) bond motifs is 1. The molecule has 1 fully saturated rings. The van der Waals surface area contributed by atoms with E-state index in [2.05, 4.69) is 11.9 Å². The average Bonchev–Trinajstić information content (AvgIpc) is 2.88. The molecule has 3 nitrogen and oxygen atoms in total. The lowest BCUT2D eigenvalue weighted by Gasteiger charge is -2.24. The molecule has 1 aliphatic rings. The lowest BCUT2D eigenvalue weighted by Crippen LogP contribution is -2.20. The van der Waals surface area contributed by atoms with Crippen LogP contribution < -0.4 is 5.73 Å². The fourth-order valence-corrected chi connectivity index (χ4v) is 3.52. The third-order valence-corrected chi connectivity index (χ3v) is 5.00. The summed E-state index contributed by atoms with van der Waals surface area (Å²) in [4.78, 5) is 4.36. The molecule has 2 aromatic rings. The maximum absolute atomic E-state index is 13.8. The summed E-state index contributed by atoms with van der Waals surface area (Å²) in [7, 11) is 0. The van der Waals surface area contributed by atoms with Crippen LogP contribution in [0.1, 0.15) is 32.6 Å². The van der Waals surface area contributed by atoms with E-state index in [-0.39, 0.29) is 11.2 Å². The molecule has 0 aliphatic heterocycles. The minimum absolute atomic E-state index is 0.203. The van der Waals surface area contributed by atoms with Gasteiger partial charge < -0.3 is 10.3 Å². The second-order valence-corrected chi connectivity index (χ2v) is 6.99. The monoisotopic (exact) mass is 373 g/mol. The maximum Gasteiger partial charge on any atom is 0.201 e. The van der Waals surface area contributed by atoms with Gasteiger partial charge in [-0.1, -0.05) is 19.8 Å². The molecule has 0 bridgehead atoms. The second kappa shape index (κ2) is 4.61. The third kappa shape index (κ3) is 2.32. The summed E-state index contributed by atoms with van der Waals surface area (Å²) in [6.07, 6.45) is 4.96. The summed E-state index contributed by atoms with van der Waals surface area (Å²) < 4.78 is 16.3. The summed E-state index contributed by atoms with van der Waals surface area (Å²) in [5.74, 6) is 0.287. The predicted octanol–water partition coefficient (Wildman–Crippen LogP) is 3.94. The van der Waals surface area contributed by atoms with Crippen LogP contribution in [-0.2, 0) is 6.54 Å². The number of halogens is 2. The van der Waals surface area contributed by atoms with Crippen molar-refractivity contribution in [1.82, 2.24) is 9.55 Å². The molecule has 0 radical (unpaired) electrons. The van der Waals surface area contributed by atoms with E-state index < -0.39 is 0 Å². The fourth-order valence-electron chi connectivity index (χ4n) is 3.07. The summed E-state index contributed by atoms with van der Waals surface area (Å²) in [5, 5.41) is 0. The smallest absolute Gasteiger partial charge is 0.201 e. The van der Waals surface area contributed by atoms with Crippen molar-refractivity contribution in [3.05, 3.63) is 21.5 Å². The van der Waals surface area contributed by atoms with Crippen LogP contribution in [0.15, 0.2) is 12.1 Å². The minimum atomic E-state index is -0.203. The van der Waals surface area contributed by atoms with Gasteiger partial charge in [-0.05, 0) is 46.9 Å². The van der Waals surface area contributed by atoms with Gasteiger partial charge in [-0.3, -0.25) is 0 Å². The van der Waals surface area contributed by atoms with Gasteiger partial charge >= 0.3 is 0 Å². The highest BCUT2D eigenvalue weighted by molar-refractivity contribution is 14.1. The molecule has 0 unspecified atom stereocenters. The number of imidazole rings is 1. The fraction of sp³-hybridized carbons (Fsp3) is 0.500. The van der Waals surface area contributed by atoms with Crippen molar-refractivity contribution in [1.29, 1.82) is 0 Å². The molecular weight excluding hydrogens is 356 g/mol. The van der Waals surface area contributed by atoms with Crippen molar-refractivity contribution in [2.75, 3.05) is 5.73 Å². The van der Waals surface area contributed by atoms with E-state index in [1.807, 2.05) is 27.2 Å². The van der Waals surface area contributed by atoms with Crippen LogP contribution in [0.2, 0.25) is 0 Å². The van der Waals surface area contributed by atoms with Crippen LogP contribution in [-0.4, -0.2) is 9.55 Å². The van der Waals surface area contributed by atoms with Crippen LogP contribution in [0, 0.1) is 14.8 Å². The SMILES string of the molecule is CC1(Cn2c(N)nc3cc(I)c(F)cc32)CCCC1. The van der Waals surface area contributed by atoms with Crippen molar-refractivity contribution in [3.63, 3.8) is 0 Å². The van der Waals surface area contributed by atoms with E-state index in [1.54, 1.807) is 12.1 Å². The zero-order chi connectivity index (χ0) is 13.6. The topological polar surface area (TPSA) is 43.8 Å². The number of hydrogen-bond donors (Lipinski definition) is 1. The Morgan fingerprint density at radius 1 is 1.42 bits per heavy atom. The Hall–Kier alpha value is -0.850. The number of nitrogens with zero attached hydrogens (tertiary/aromatic N) is 2. The van der Waals surface area contributed by atoms with E-state index in [1.165, 1.54) is 25.7 Å². The molecule has 0 saturated heterocycles. The van der Waals surface area contributed by atoms with Gasteiger partial charge in [0.25, 0.3) is 0 Å².